The van der Waals surface area contributed by atoms with Crippen molar-refractivity contribution < 1.29 is 0 Å². The Morgan fingerprint density at radius 3 is 2.88 bits per heavy atom. The van der Waals surface area contributed by atoms with Gasteiger partial charge in [-0.25, -0.2) is 0 Å². The van der Waals surface area contributed by atoms with Gasteiger partial charge in [-0.3, -0.25) is 4.98 Å². The number of fused-ring (bicyclic) bond motifs is 1. The Morgan fingerprint density at radius 2 is 2.00 bits per heavy atom. The Bertz CT molecular complexity index is 499. The van der Waals surface area contributed by atoms with Crippen molar-refractivity contribution >= 4 is 23.5 Å². The number of pyridine rings is 1. The maximum Gasteiger partial charge on any atom is 0.0278 e. The Balaban J connectivity index is 1.68. The number of nitrogens with zero attached hydrogens (tertiary/aromatic N) is 1. The maximum absolute atomic E-state index is 4.04. The lowest BCUT2D eigenvalue weighted by atomic mass is 10.0. The highest BCUT2D eigenvalue weighted by atomic mass is 32.2. The molecule has 0 radical (unpaired) electrons. The van der Waals surface area contributed by atoms with Crippen molar-refractivity contribution in [2.24, 2.45) is 0 Å². The number of hydrogen-bond acceptors (Lipinski definition) is 3. The predicted molar refractivity (Wildman–Crippen MR) is 74.9 cm³/mol. The lowest BCUT2D eigenvalue weighted by Crippen LogP contribution is -1.99. The van der Waals surface area contributed by atoms with Gasteiger partial charge in [-0.15, -0.1) is 23.5 Å². The summed E-state index contributed by atoms with van der Waals surface area (Å²) in [6, 6.07) is 12.9. The molecule has 0 saturated heterocycles. The fourth-order valence-electron chi connectivity index (χ4n) is 2.00. The van der Waals surface area contributed by atoms with Crippen LogP contribution in [0.2, 0.25) is 0 Å². The van der Waals surface area contributed by atoms with Crippen LogP contribution in [0.4, 0.5) is 0 Å². The van der Waals surface area contributed by atoms with Gasteiger partial charge >= 0.3 is 0 Å². The van der Waals surface area contributed by atoms with Crippen LogP contribution in [0.3, 0.4) is 0 Å². The number of aromatic nitrogens is 1. The lowest BCUT2D eigenvalue weighted by Gasteiger charge is -2.09. The van der Waals surface area contributed by atoms with Crippen LogP contribution in [0.5, 0.6) is 0 Å². The van der Waals surface area contributed by atoms with Crippen molar-refractivity contribution in [3.63, 3.8) is 0 Å². The van der Waals surface area contributed by atoms with Crippen LogP contribution in [-0.2, 0) is 0 Å². The van der Waals surface area contributed by atoms with E-state index < -0.39 is 0 Å². The molecule has 1 aromatic carbocycles. The van der Waals surface area contributed by atoms with E-state index in [1.54, 1.807) is 0 Å². The van der Waals surface area contributed by atoms with Gasteiger partial charge in [0.05, 0.1) is 0 Å². The summed E-state index contributed by atoms with van der Waals surface area (Å²) in [5.74, 6) is 3.07. The van der Waals surface area contributed by atoms with Gasteiger partial charge in [0.2, 0.25) is 0 Å². The van der Waals surface area contributed by atoms with Gasteiger partial charge in [-0.1, -0.05) is 18.2 Å². The summed E-state index contributed by atoms with van der Waals surface area (Å²) in [7, 11) is 0. The Labute approximate surface area is 110 Å². The third-order valence-corrected chi connectivity index (χ3v) is 5.33. The van der Waals surface area contributed by atoms with E-state index in [4.69, 9.17) is 0 Å². The second kappa shape index (κ2) is 5.15. The molecule has 0 N–H and O–H groups in total. The molecule has 86 valence electrons. The van der Waals surface area contributed by atoms with E-state index >= 15 is 0 Å². The quantitative estimate of drug-likeness (QED) is 0.771. The van der Waals surface area contributed by atoms with E-state index in [1.807, 2.05) is 35.9 Å². The van der Waals surface area contributed by atoms with Gasteiger partial charge in [0.1, 0.15) is 0 Å². The first-order valence-corrected chi connectivity index (χ1v) is 7.65. The topological polar surface area (TPSA) is 12.9 Å². The van der Waals surface area contributed by atoms with E-state index in [0.29, 0.717) is 5.92 Å². The fourth-order valence-corrected chi connectivity index (χ4v) is 4.41. The molecular weight excluding hydrogens is 246 g/mol. The van der Waals surface area contributed by atoms with Crippen molar-refractivity contribution in [2.75, 3.05) is 11.5 Å². The van der Waals surface area contributed by atoms with Crippen LogP contribution in [0.25, 0.3) is 0 Å². The number of hydrogen-bond donors (Lipinski definition) is 0. The fraction of sp³-hybridized carbons (Fsp3) is 0.214. The molecule has 3 rings (SSSR count). The normalized spacial score (nSPS) is 18.0. The first kappa shape index (κ1) is 11.2. The van der Waals surface area contributed by atoms with Crippen molar-refractivity contribution in [1.82, 2.24) is 4.98 Å². The Kier molecular flexibility index (Phi) is 3.39. The first-order valence-electron chi connectivity index (χ1n) is 5.68. The monoisotopic (exact) mass is 259 g/mol. The molecule has 0 saturated carbocycles. The number of thioether (sulfide) groups is 2. The van der Waals surface area contributed by atoms with Crippen LogP contribution in [0, 0.1) is 0 Å². The van der Waals surface area contributed by atoms with Gasteiger partial charge in [-0.05, 0) is 23.8 Å². The van der Waals surface area contributed by atoms with Crippen LogP contribution >= 0.6 is 23.5 Å². The molecule has 1 aliphatic heterocycles. The van der Waals surface area contributed by atoms with Crippen LogP contribution in [0.15, 0.2) is 58.6 Å². The zero-order chi connectivity index (χ0) is 11.5. The molecule has 0 fully saturated rings. The van der Waals surface area contributed by atoms with Gasteiger partial charge in [0.25, 0.3) is 0 Å². The second-order valence-corrected chi connectivity index (χ2v) is 6.19. The van der Waals surface area contributed by atoms with Gasteiger partial charge < -0.3 is 0 Å². The van der Waals surface area contributed by atoms with Crippen LogP contribution in [-0.4, -0.2) is 16.5 Å². The molecule has 0 spiro atoms. The highest BCUT2D eigenvalue weighted by Crippen LogP contribution is 2.41. The van der Waals surface area contributed by atoms with E-state index in [1.165, 1.54) is 21.1 Å². The molecule has 1 aromatic heterocycles. The minimum absolute atomic E-state index is 0.689. The van der Waals surface area contributed by atoms with E-state index in [9.17, 15) is 0 Å². The summed E-state index contributed by atoms with van der Waals surface area (Å²) in [4.78, 5) is 6.82. The Hall–Kier alpha value is -0.930. The minimum Gasteiger partial charge on any atom is -0.265 e. The van der Waals surface area contributed by atoms with Crippen molar-refractivity contribution in [3.05, 3.63) is 54.4 Å². The third-order valence-electron chi connectivity index (χ3n) is 2.90. The molecule has 0 amide bonds. The van der Waals surface area contributed by atoms with Crippen LogP contribution < -0.4 is 0 Å². The number of rotatable bonds is 3. The molecule has 3 heteroatoms. The number of benzene rings is 1. The van der Waals surface area contributed by atoms with E-state index in [0.717, 1.165) is 5.75 Å². The summed E-state index contributed by atoms with van der Waals surface area (Å²) < 4.78 is 0. The lowest BCUT2D eigenvalue weighted by molar-refractivity contribution is 0.896. The third kappa shape index (κ3) is 2.50. The predicted octanol–water partition coefficient (Wildman–Crippen LogP) is 4.06. The van der Waals surface area contributed by atoms with Gasteiger partial charge in [-0.2, -0.15) is 0 Å². The van der Waals surface area contributed by atoms with Crippen molar-refractivity contribution in [1.29, 1.82) is 0 Å². The minimum atomic E-state index is 0.689. The van der Waals surface area contributed by atoms with Crippen LogP contribution in [0.1, 0.15) is 11.5 Å². The van der Waals surface area contributed by atoms with Crippen molar-refractivity contribution in [3.8, 4) is 0 Å². The van der Waals surface area contributed by atoms with E-state index in [-0.39, 0.29) is 0 Å². The molecule has 1 nitrogen and oxygen atoms in total. The molecule has 0 aliphatic carbocycles. The highest BCUT2D eigenvalue weighted by Gasteiger charge is 2.22. The molecular formula is C14H13NS2. The summed E-state index contributed by atoms with van der Waals surface area (Å²) in [5, 5.41) is 0. The van der Waals surface area contributed by atoms with E-state index in [2.05, 4.69) is 41.4 Å². The maximum atomic E-state index is 4.04. The molecule has 0 bridgehead atoms. The average Bonchev–Trinajstić information content (AvgIpc) is 2.81. The summed E-state index contributed by atoms with van der Waals surface area (Å²) in [6.07, 6.45) is 3.72. The highest BCUT2D eigenvalue weighted by molar-refractivity contribution is 8.00. The first-order chi connectivity index (χ1) is 8.43. The molecule has 17 heavy (non-hydrogen) atoms. The van der Waals surface area contributed by atoms with Crippen molar-refractivity contribution in [2.45, 2.75) is 15.7 Å². The largest absolute Gasteiger partial charge is 0.265 e. The smallest absolute Gasteiger partial charge is 0.0278 e. The van der Waals surface area contributed by atoms with Gasteiger partial charge in [0.15, 0.2) is 0 Å². The molecule has 2 heterocycles. The summed E-state index contributed by atoms with van der Waals surface area (Å²) >= 11 is 3.91. The Morgan fingerprint density at radius 1 is 1.18 bits per heavy atom. The summed E-state index contributed by atoms with van der Waals surface area (Å²) in [6.45, 7) is 0. The molecule has 1 aliphatic rings. The van der Waals surface area contributed by atoms with Gasteiger partial charge in [0, 0.05) is 39.6 Å². The zero-order valence-electron chi connectivity index (χ0n) is 9.37. The SMILES string of the molecule is c1ccc2c(c1)SCC2CSc1ccncc1. The molecule has 1 unspecified atom stereocenters. The average molecular weight is 259 g/mol. The standard InChI is InChI=1S/C14H13NS2/c1-2-4-14-13(3-1)11(10-17-14)9-16-12-5-7-15-8-6-12/h1-8,11H,9-10H2. The molecule has 2 aromatic rings. The summed E-state index contributed by atoms with van der Waals surface area (Å²) in [5.41, 5.74) is 1.53. The second-order valence-electron chi connectivity index (χ2n) is 4.04. The molecule has 1 atom stereocenters. The zero-order valence-corrected chi connectivity index (χ0v) is 11.0.